The van der Waals surface area contributed by atoms with Crippen molar-refractivity contribution in [2.75, 3.05) is 32.7 Å². The molecule has 1 unspecified atom stereocenters. The fourth-order valence-corrected chi connectivity index (χ4v) is 3.20. The highest BCUT2D eigenvalue weighted by Gasteiger charge is 2.22. The number of nitrogens with zero attached hydrogens (tertiary/aromatic N) is 2. The number of halogens is 3. The van der Waals surface area contributed by atoms with E-state index in [-0.39, 0.29) is 36.6 Å². The number of rotatable bonds is 7. The van der Waals surface area contributed by atoms with Crippen LogP contribution in [0.4, 0.5) is 8.78 Å². The van der Waals surface area contributed by atoms with Crippen LogP contribution in [-0.4, -0.2) is 56.1 Å². The number of piperidine rings is 1. The zero-order chi connectivity index (χ0) is 18.9. The fraction of sp³-hybridized carbons (Fsp3) is 0.650. The van der Waals surface area contributed by atoms with E-state index in [1.165, 1.54) is 11.1 Å². The average Bonchev–Trinajstić information content (AvgIpc) is 2.61. The van der Waals surface area contributed by atoms with Crippen LogP contribution < -0.4 is 10.6 Å². The van der Waals surface area contributed by atoms with E-state index in [0.29, 0.717) is 25.6 Å². The molecule has 0 bridgehead atoms. The third kappa shape index (κ3) is 8.72. The van der Waals surface area contributed by atoms with E-state index in [1.807, 2.05) is 11.8 Å². The maximum absolute atomic E-state index is 12.5. The number of guanidine groups is 1. The molecular formula is C20H33F2IN4. The quantitative estimate of drug-likeness (QED) is 0.342. The van der Waals surface area contributed by atoms with Gasteiger partial charge in [-0.1, -0.05) is 36.8 Å². The minimum Gasteiger partial charge on any atom is -0.357 e. The zero-order valence-electron chi connectivity index (χ0n) is 16.5. The summed E-state index contributed by atoms with van der Waals surface area (Å²) in [7, 11) is 0. The zero-order valence-corrected chi connectivity index (χ0v) is 18.9. The summed E-state index contributed by atoms with van der Waals surface area (Å²) in [6, 6.07) is 8.87. The first-order valence-corrected chi connectivity index (χ1v) is 9.59. The van der Waals surface area contributed by atoms with E-state index in [4.69, 9.17) is 4.99 Å². The Bertz CT molecular complexity index is 558. The maximum Gasteiger partial charge on any atom is 0.251 e. The second-order valence-electron chi connectivity index (χ2n) is 7.14. The summed E-state index contributed by atoms with van der Waals surface area (Å²) >= 11 is 0. The lowest BCUT2D eigenvalue weighted by Gasteiger charge is -2.32. The van der Waals surface area contributed by atoms with Crippen molar-refractivity contribution in [1.82, 2.24) is 15.5 Å². The Balaban J connectivity index is 0.00000364. The number of aliphatic imine (C=N–C) groups is 1. The molecule has 1 fully saturated rings. The Kier molecular flexibility index (Phi) is 11.1. The average molecular weight is 494 g/mol. The summed E-state index contributed by atoms with van der Waals surface area (Å²) in [5.74, 6) is 1.16. The Labute approximate surface area is 179 Å². The van der Waals surface area contributed by atoms with Gasteiger partial charge in [-0.25, -0.2) is 8.78 Å². The maximum atomic E-state index is 12.5. The van der Waals surface area contributed by atoms with Gasteiger partial charge in [-0.05, 0) is 32.3 Å². The predicted octanol–water partition coefficient (Wildman–Crippen LogP) is 4.00. The van der Waals surface area contributed by atoms with Gasteiger partial charge in [0.1, 0.15) is 0 Å². The van der Waals surface area contributed by atoms with Crippen molar-refractivity contribution in [2.45, 2.75) is 52.0 Å². The summed E-state index contributed by atoms with van der Waals surface area (Å²) in [4.78, 5) is 6.57. The molecular weight excluding hydrogens is 461 g/mol. The van der Waals surface area contributed by atoms with E-state index < -0.39 is 6.43 Å². The van der Waals surface area contributed by atoms with Gasteiger partial charge >= 0.3 is 0 Å². The lowest BCUT2D eigenvalue weighted by Crippen LogP contribution is -2.49. The normalized spacial score (nSPS) is 17.5. The molecule has 1 aliphatic rings. The van der Waals surface area contributed by atoms with Crippen molar-refractivity contribution in [2.24, 2.45) is 4.99 Å². The minimum absolute atomic E-state index is 0. The number of benzene rings is 1. The summed E-state index contributed by atoms with van der Waals surface area (Å²) in [5, 5.41) is 6.77. The van der Waals surface area contributed by atoms with Crippen LogP contribution in [0.1, 0.15) is 43.7 Å². The van der Waals surface area contributed by atoms with Crippen LogP contribution in [0.15, 0.2) is 29.3 Å². The van der Waals surface area contributed by atoms with E-state index in [2.05, 4.69) is 48.7 Å². The molecule has 0 spiro atoms. The lowest BCUT2D eigenvalue weighted by molar-refractivity contribution is 0.0744. The van der Waals surface area contributed by atoms with Gasteiger partial charge in [0, 0.05) is 38.1 Å². The van der Waals surface area contributed by atoms with Crippen molar-refractivity contribution >= 4 is 29.9 Å². The van der Waals surface area contributed by atoms with E-state index >= 15 is 0 Å². The first kappa shape index (κ1) is 24.1. The highest BCUT2D eigenvalue weighted by molar-refractivity contribution is 14.0. The van der Waals surface area contributed by atoms with Gasteiger partial charge in [-0.2, -0.15) is 0 Å². The smallest absolute Gasteiger partial charge is 0.251 e. The van der Waals surface area contributed by atoms with E-state index in [0.717, 1.165) is 25.3 Å². The van der Waals surface area contributed by atoms with Gasteiger partial charge < -0.3 is 10.6 Å². The summed E-state index contributed by atoms with van der Waals surface area (Å²) in [6.07, 6.45) is -0.517. The largest absolute Gasteiger partial charge is 0.357 e. The third-order valence-corrected chi connectivity index (χ3v) is 4.84. The number of nitrogens with one attached hydrogen (secondary N) is 2. The summed E-state index contributed by atoms with van der Waals surface area (Å²) in [6.45, 7) is 9.13. The van der Waals surface area contributed by atoms with Crippen molar-refractivity contribution in [3.05, 3.63) is 35.4 Å². The Morgan fingerprint density at radius 2 is 1.85 bits per heavy atom. The molecule has 1 aromatic carbocycles. The van der Waals surface area contributed by atoms with Crippen molar-refractivity contribution in [3.8, 4) is 0 Å². The molecule has 154 valence electrons. The number of likely N-dealkylation sites (tertiary alicyclic amines) is 1. The molecule has 1 atom stereocenters. The SMILES string of the molecule is CCNC(=NCC(C)c1ccc(C)cc1)NC1CCN(CC(F)F)CC1.I. The van der Waals surface area contributed by atoms with Crippen molar-refractivity contribution in [1.29, 1.82) is 0 Å². The highest BCUT2D eigenvalue weighted by atomic mass is 127. The topological polar surface area (TPSA) is 39.7 Å². The van der Waals surface area contributed by atoms with Gasteiger partial charge in [0.25, 0.3) is 6.43 Å². The fourth-order valence-electron chi connectivity index (χ4n) is 3.20. The molecule has 0 amide bonds. The molecule has 0 aromatic heterocycles. The molecule has 27 heavy (non-hydrogen) atoms. The number of hydrogen-bond acceptors (Lipinski definition) is 2. The van der Waals surface area contributed by atoms with Crippen molar-refractivity contribution in [3.63, 3.8) is 0 Å². The van der Waals surface area contributed by atoms with Gasteiger partial charge in [0.2, 0.25) is 0 Å². The first-order chi connectivity index (χ1) is 12.5. The number of aryl methyl sites for hydroxylation is 1. The van der Waals surface area contributed by atoms with Gasteiger partial charge in [0.15, 0.2) is 5.96 Å². The van der Waals surface area contributed by atoms with Crippen LogP contribution >= 0.6 is 24.0 Å². The molecule has 0 aliphatic carbocycles. The highest BCUT2D eigenvalue weighted by Crippen LogP contribution is 2.16. The Morgan fingerprint density at radius 3 is 2.41 bits per heavy atom. The van der Waals surface area contributed by atoms with Crippen LogP contribution in [0.2, 0.25) is 0 Å². The predicted molar refractivity (Wildman–Crippen MR) is 120 cm³/mol. The molecule has 1 heterocycles. The monoisotopic (exact) mass is 494 g/mol. The summed E-state index contributed by atoms with van der Waals surface area (Å²) in [5.41, 5.74) is 2.55. The second-order valence-corrected chi connectivity index (χ2v) is 7.14. The number of hydrogen-bond donors (Lipinski definition) is 2. The molecule has 0 saturated carbocycles. The molecule has 1 aromatic rings. The second kappa shape index (κ2) is 12.5. The number of alkyl halides is 2. The first-order valence-electron chi connectivity index (χ1n) is 9.59. The van der Waals surface area contributed by atoms with Crippen LogP contribution in [0.25, 0.3) is 0 Å². The Hall–Kier alpha value is -0.960. The molecule has 0 radical (unpaired) electrons. The Morgan fingerprint density at radius 1 is 1.22 bits per heavy atom. The standard InChI is InChI=1S/C20H32F2N4.HI/c1-4-23-20(24-13-16(3)17-7-5-15(2)6-8-17)25-18-9-11-26(12-10-18)14-19(21)22;/h5-8,16,18-19H,4,9-14H2,1-3H3,(H2,23,24,25);1H. The van der Waals surface area contributed by atoms with Gasteiger partial charge in [0.05, 0.1) is 6.54 Å². The molecule has 2 N–H and O–H groups in total. The summed E-state index contributed by atoms with van der Waals surface area (Å²) < 4.78 is 25.0. The molecule has 1 saturated heterocycles. The minimum atomic E-state index is -2.25. The van der Waals surface area contributed by atoms with Crippen LogP contribution in [-0.2, 0) is 0 Å². The van der Waals surface area contributed by atoms with Gasteiger partial charge in [-0.15, -0.1) is 24.0 Å². The van der Waals surface area contributed by atoms with E-state index in [9.17, 15) is 8.78 Å². The van der Waals surface area contributed by atoms with Gasteiger partial charge in [-0.3, -0.25) is 9.89 Å². The van der Waals surface area contributed by atoms with Crippen LogP contribution in [0, 0.1) is 6.92 Å². The lowest BCUT2D eigenvalue weighted by atomic mass is 10.0. The molecule has 7 heteroatoms. The van der Waals surface area contributed by atoms with Crippen molar-refractivity contribution < 1.29 is 8.78 Å². The van der Waals surface area contributed by atoms with Crippen LogP contribution in [0.3, 0.4) is 0 Å². The molecule has 4 nitrogen and oxygen atoms in total. The van der Waals surface area contributed by atoms with Crippen LogP contribution in [0.5, 0.6) is 0 Å². The molecule has 1 aliphatic heterocycles. The molecule has 2 rings (SSSR count). The van der Waals surface area contributed by atoms with E-state index in [1.54, 1.807) is 0 Å². The third-order valence-electron chi connectivity index (χ3n) is 4.84.